The molecule has 0 aliphatic rings. The summed E-state index contributed by atoms with van der Waals surface area (Å²) in [7, 11) is 0. The topological polar surface area (TPSA) is 43.6 Å². The number of hydrogen-bond acceptors (Lipinski definition) is 4. The summed E-state index contributed by atoms with van der Waals surface area (Å²) in [4.78, 5) is 15.1. The van der Waals surface area contributed by atoms with Gasteiger partial charge in [0, 0.05) is 53.3 Å². The van der Waals surface area contributed by atoms with E-state index in [4.69, 9.17) is 27.3 Å². The van der Waals surface area contributed by atoms with E-state index in [0.29, 0.717) is 45.2 Å². The average molecular weight is 666 g/mol. The lowest BCUT2D eigenvalue weighted by molar-refractivity contribution is 1.07. The van der Waals surface area contributed by atoms with Gasteiger partial charge in [0.25, 0.3) is 0 Å². The molecule has 10 rings (SSSR count). The highest BCUT2D eigenvalue weighted by molar-refractivity contribution is 7.25. The van der Waals surface area contributed by atoms with Crippen molar-refractivity contribution < 1.29 is 12.3 Å². The number of benzene rings is 7. The van der Waals surface area contributed by atoms with Gasteiger partial charge in [-0.05, 0) is 47.5 Å². The van der Waals surface area contributed by atoms with Crippen LogP contribution in [0, 0.1) is 0 Å². The Morgan fingerprint density at radius 3 is 2.08 bits per heavy atom. The van der Waals surface area contributed by atoms with Gasteiger partial charge in [-0.15, -0.1) is 11.3 Å². The molecule has 0 saturated carbocycles. The number of thiophene rings is 1. The Bertz CT molecular complexity index is 3370. The van der Waals surface area contributed by atoms with Crippen LogP contribution < -0.4 is 0 Å². The van der Waals surface area contributed by atoms with Gasteiger partial charge in [-0.3, -0.25) is 0 Å². The van der Waals surface area contributed by atoms with Crippen LogP contribution in [0.3, 0.4) is 0 Å². The van der Waals surface area contributed by atoms with E-state index in [1.54, 1.807) is 34.1 Å². The van der Waals surface area contributed by atoms with Crippen molar-refractivity contribution in [3.05, 3.63) is 170 Å². The van der Waals surface area contributed by atoms with E-state index in [2.05, 4.69) is 18.2 Å². The normalized spacial score (nSPS) is 14.1. The molecular formula is C45H28N4S. The van der Waals surface area contributed by atoms with Crippen LogP contribution >= 0.6 is 11.3 Å². The Balaban J connectivity index is 1.24. The Morgan fingerprint density at radius 2 is 1.18 bits per heavy atom. The third-order valence-corrected chi connectivity index (χ3v) is 10.00. The van der Waals surface area contributed by atoms with Gasteiger partial charge >= 0.3 is 0 Å². The Hall–Kier alpha value is -6.43. The number of fused-ring (bicyclic) bond motifs is 6. The van der Waals surface area contributed by atoms with Crippen LogP contribution in [-0.4, -0.2) is 19.5 Å². The van der Waals surface area contributed by atoms with Crippen molar-refractivity contribution in [2.45, 2.75) is 0 Å². The first kappa shape index (κ1) is 20.8. The summed E-state index contributed by atoms with van der Waals surface area (Å²) in [5.41, 5.74) is 3.80. The summed E-state index contributed by atoms with van der Waals surface area (Å²) in [6.07, 6.45) is 0. The second kappa shape index (κ2) is 11.6. The maximum atomic E-state index is 9.11. The van der Waals surface area contributed by atoms with Gasteiger partial charge in [-0.1, -0.05) is 133 Å². The van der Waals surface area contributed by atoms with Crippen LogP contribution in [0.5, 0.6) is 0 Å². The first-order valence-electron chi connectivity index (χ1n) is 20.5. The summed E-state index contributed by atoms with van der Waals surface area (Å²) in [5, 5.41) is 2.94. The van der Waals surface area contributed by atoms with Crippen molar-refractivity contribution in [1.29, 1.82) is 0 Å². The zero-order valence-corrected chi connectivity index (χ0v) is 27.0. The molecule has 0 aliphatic heterocycles. The fourth-order valence-electron chi connectivity index (χ4n) is 6.62. The van der Waals surface area contributed by atoms with Crippen molar-refractivity contribution in [2.75, 3.05) is 0 Å². The second-order valence-corrected chi connectivity index (χ2v) is 12.9. The molecule has 0 unspecified atom stereocenters. The number of aromatic nitrogens is 4. The molecule has 7 aromatic carbocycles. The van der Waals surface area contributed by atoms with Crippen molar-refractivity contribution in [3.8, 4) is 51.0 Å². The summed E-state index contributed by atoms with van der Waals surface area (Å²) in [5.74, 6) is 1.35. The van der Waals surface area contributed by atoms with Gasteiger partial charge in [-0.25, -0.2) is 15.0 Å². The molecule has 0 radical (unpaired) electrons. The molecule has 0 amide bonds. The molecule has 234 valence electrons. The van der Waals surface area contributed by atoms with Gasteiger partial charge in [0.05, 0.1) is 23.4 Å². The minimum atomic E-state index is -0.503. The second-order valence-electron chi connectivity index (χ2n) is 11.8. The lowest BCUT2D eigenvalue weighted by Crippen LogP contribution is -2.01. The molecule has 0 atom stereocenters. The van der Waals surface area contributed by atoms with Crippen LogP contribution in [0.2, 0.25) is 0 Å². The number of nitrogens with zero attached hydrogens (tertiary/aromatic N) is 4. The molecule has 3 aromatic heterocycles. The molecule has 0 fully saturated rings. The van der Waals surface area contributed by atoms with Crippen LogP contribution in [0.4, 0.5) is 0 Å². The van der Waals surface area contributed by atoms with Crippen molar-refractivity contribution >= 4 is 53.3 Å². The maximum Gasteiger partial charge on any atom is 0.164 e. The molecule has 0 bridgehead atoms. The fourth-order valence-corrected chi connectivity index (χ4v) is 7.75. The molecular weight excluding hydrogens is 629 g/mol. The van der Waals surface area contributed by atoms with Crippen LogP contribution in [0.25, 0.3) is 93.0 Å². The van der Waals surface area contributed by atoms with Crippen molar-refractivity contribution in [1.82, 2.24) is 19.5 Å². The molecule has 50 heavy (non-hydrogen) atoms. The summed E-state index contributed by atoms with van der Waals surface area (Å²) in [6, 6.07) is 32.9. The maximum absolute atomic E-state index is 9.11. The molecule has 3 heterocycles. The quantitative estimate of drug-likeness (QED) is 0.184. The van der Waals surface area contributed by atoms with Gasteiger partial charge in [0.1, 0.15) is 0 Å². The van der Waals surface area contributed by atoms with E-state index in [1.165, 1.54) is 0 Å². The van der Waals surface area contributed by atoms with Gasteiger partial charge in [0.15, 0.2) is 17.5 Å². The summed E-state index contributed by atoms with van der Waals surface area (Å²) >= 11 is 1.71. The fraction of sp³-hybridized carbons (Fsp3) is 0. The number of rotatable bonds is 5. The zero-order valence-electron chi connectivity index (χ0n) is 35.2. The van der Waals surface area contributed by atoms with E-state index in [0.717, 1.165) is 31.3 Å². The Morgan fingerprint density at radius 1 is 0.460 bits per heavy atom. The molecule has 10 aromatic rings. The predicted molar refractivity (Wildman–Crippen MR) is 209 cm³/mol. The number of hydrogen-bond donors (Lipinski definition) is 0. The highest BCUT2D eigenvalue weighted by atomic mass is 32.1. The van der Waals surface area contributed by atoms with E-state index >= 15 is 0 Å². The minimum absolute atomic E-state index is 0.00240. The molecule has 5 heteroatoms. The smallest absolute Gasteiger partial charge is 0.164 e. The summed E-state index contributed by atoms with van der Waals surface area (Å²) < 4.78 is 81.3. The van der Waals surface area contributed by atoms with Crippen LogP contribution in [-0.2, 0) is 0 Å². The number of para-hydroxylation sites is 1. The zero-order chi connectivity index (χ0) is 40.9. The van der Waals surface area contributed by atoms with Crippen molar-refractivity contribution in [2.24, 2.45) is 0 Å². The van der Waals surface area contributed by atoms with E-state index in [-0.39, 0.29) is 46.7 Å². The third-order valence-electron chi connectivity index (χ3n) is 8.86. The first-order valence-corrected chi connectivity index (χ1v) is 16.8. The summed E-state index contributed by atoms with van der Waals surface area (Å²) in [6.45, 7) is 0. The highest BCUT2D eigenvalue weighted by Crippen LogP contribution is 2.40. The molecule has 0 aliphatic carbocycles. The highest BCUT2D eigenvalue weighted by Gasteiger charge is 2.18. The Labute approximate surface area is 305 Å². The minimum Gasteiger partial charge on any atom is -0.309 e. The lowest BCUT2D eigenvalue weighted by atomic mass is 10.0. The van der Waals surface area contributed by atoms with Gasteiger partial charge in [0.2, 0.25) is 0 Å². The molecule has 0 spiro atoms. The largest absolute Gasteiger partial charge is 0.309 e. The predicted octanol–water partition coefficient (Wildman–Crippen LogP) is 12.0. The molecule has 4 nitrogen and oxygen atoms in total. The van der Waals surface area contributed by atoms with Gasteiger partial charge in [-0.2, -0.15) is 0 Å². The SMILES string of the molecule is [2H]c1c([2H])c([2H])c(-c2ccc3c4c([2H])c([2H])c([2H])c([2H])c4n(-c4cccc(-c5nc(-c6ccccc6)nc(-c6cccc7sc8ccccc8c67)n5)c4)c3c2)c([2H])c1[2H]. The molecule has 0 saturated heterocycles. The molecule has 0 N–H and O–H groups in total. The van der Waals surface area contributed by atoms with Crippen LogP contribution in [0.1, 0.15) is 12.3 Å². The first-order chi connectivity index (χ1) is 28.5. The van der Waals surface area contributed by atoms with Gasteiger partial charge < -0.3 is 4.57 Å². The monoisotopic (exact) mass is 665 g/mol. The van der Waals surface area contributed by atoms with E-state index < -0.39 is 24.2 Å². The van der Waals surface area contributed by atoms with E-state index in [9.17, 15) is 0 Å². The van der Waals surface area contributed by atoms with Crippen molar-refractivity contribution in [3.63, 3.8) is 0 Å². The average Bonchev–Trinajstić information content (AvgIpc) is 3.83. The lowest BCUT2D eigenvalue weighted by Gasteiger charge is -2.12. The standard InChI is InChI=1S/C45H28N4S/c1-3-13-29(14-4-1)31-25-26-35-34-19-7-9-22-38(34)49(39(35)28-31)33-18-11-17-32(27-33)44-46-43(30-15-5-2-6-16-30)47-45(48-44)37-21-12-24-41-42(37)36-20-8-10-23-40(36)50-41/h1-28H/i1D,3D,4D,7D,9D,13D,14D,19D,22D. The third kappa shape index (κ3) is 4.71. The Kier molecular flexibility index (Phi) is 4.84. The van der Waals surface area contributed by atoms with E-state index in [1.807, 2.05) is 78.9 Å². The van der Waals surface area contributed by atoms with Crippen LogP contribution in [0.15, 0.2) is 170 Å².